The van der Waals surface area contributed by atoms with Crippen LogP contribution < -0.4 is 0 Å². The number of rotatable bonds is 15. The van der Waals surface area contributed by atoms with Gasteiger partial charge in [-0.1, -0.05) is 78.4 Å². The van der Waals surface area contributed by atoms with Crippen LogP contribution in [0.25, 0.3) is 0 Å². The van der Waals surface area contributed by atoms with Crippen molar-refractivity contribution in [2.75, 3.05) is 0 Å². The maximum absolute atomic E-state index is 13.6. The molecule has 0 N–H and O–H groups in total. The van der Waals surface area contributed by atoms with Gasteiger partial charge in [-0.3, -0.25) is 4.79 Å². The third-order valence-corrected chi connectivity index (χ3v) is 5.96. The molecule has 1 aromatic carbocycles. The van der Waals surface area contributed by atoms with Crippen molar-refractivity contribution in [2.45, 2.75) is 110 Å². The third-order valence-electron chi connectivity index (χ3n) is 5.96. The lowest BCUT2D eigenvalue weighted by Gasteiger charge is -2.30. The van der Waals surface area contributed by atoms with Crippen LogP contribution in [-0.4, -0.2) is 5.78 Å². The van der Waals surface area contributed by atoms with E-state index in [2.05, 4.69) is 27.7 Å². The predicted octanol–water partition coefficient (Wildman–Crippen LogP) is 8.01. The summed E-state index contributed by atoms with van der Waals surface area (Å²) in [5.74, 6) is 0.970. The Balaban J connectivity index is 2.35. The van der Waals surface area contributed by atoms with E-state index >= 15 is 0 Å². The Labute approximate surface area is 167 Å². The molecule has 0 radical (unpaired) electrons. The van der Waals surface area contributed by atoms with Crippen LogP contribution in [0, 0.1) is 11.7 Å². The van der Waals surface area contributed by atoms with Gasteiger partial charge in [-0.15, -0.1) is 0 Å². The maximum Gasteiger partial charge on any atom is 0.132 e. The second kappa shape index (κ2) is 13.1. The van der Waals surface area contributed by atoms with Gasteiger partial charge in [0.25, 0.3) is 0 Å². The number of halogens is 1. The van der Waals surface area contributed by atoms with Gasteiger partial charge in [0.15, 0.2) is 0 Å². The van der Waals surface area contributed by atoms with Crippen LogP contribution in [0.5, 0.6) is 0 Å². The van der Waals surface area contributed by atoms with Gasteiger partial charge in [0, 0.05) is 12.8 Å². The smallest absolute Gasteiger partial charge is 0.132 e. The molecule has 0 heterocycles. The Kier molecular flexibility index (Phi) is 11.6. The molecule has 0 saturated carbocycles. The molecule has 1 rings (SSSR count). The molecular formula is C25H41FO. The number of carbonyl (C=O) groups is 1. The third kappa shape index (κ3) is 9.53. The van der Waals surface area contributed by atoms with Crippen molar-refractivity contribution < 1.29 is 9.18 Å². The number of Topliss-reactive ketones (excluding diaryl/α,β-unsaturated/α-hetero) is 1. The van der Waals surface area contributed by atoms with E-state index in [1.165, 1.54) is 38.2 Å². The lowest BCUT2D eigenvalue weighted by molar-refractivity contribution is -0.119. The second-order valence-electron chi connectivity index (χ2n) is 8.71. The van der Waals surface area contributed by atoms with Gasteiger partial charge in [-0.05, 0) is 54.7 Å². The molecular weight excluding hydrogens is 335 g/mol. The highest BCUT2D eigenvalue weighted by Gasteiger charge is 2.25. The highest BCUT2D eigenvalue weighted by molar-refractivity contribution is 5.78. The van der Waals surface area contributed by atoms with E-state index in [4.69, 9.17) is 0 Å². The highest BCUT2D eigenvalue weighted by Crippen LogP contribution is 2.34. The number of ketones is 1. The highest BCUT2D eigenvalue weighted by atomic mass is 19.1. The van der Waals surface area contributed by atoms with Crippen molar-refractivity contribution in [2.24, 2.45) is 5.92 Å². The van der Waals surface area contributed by atoms with Crippen molar-refractivity contribution in [3.63, 3.8) is 0 Å². The Hall–Kier alpha value is -1.18. The van der Waals surface area contributed by atoms with Gasteiger partial charge in [0.05, 0.1) is 0 Å². The molecule has 0 aliphatic heterocycles. The van der Waals surface area contributed by atoms with Crippen molar-refractivity contribution in [3.05, 3.63) is 35.6 Å². The van der Waals surface area contributed by atoms with Gasteiger partial charge in [0.1, 0.15) is 11.6 Å². The normalized spacial score (nSPS) is 14.7. The van der Waals surface area contributed by atoms with E-state index in [0.29, 0.717) is 12.2 Å². The summed E-state index contributed by atoms with van der Waals surface area (Å²) in [5.41, 5.74) is 1.03. The van der Waals surface area contributed by atoms with Gasteiger partial charge in [-0.25, -0.2) is 4.39 Å². The molecule has 27 heavy (non-hydrogen) atoms. The van der Waals surface area contributed by atoms with Crippen molar-refractivity contribution in [1.29, 1.82) is 0 Å². The monoisotopic (exact) mass is 376 g/mol. The molecule has 0 bridgehead atoms. The SMILES string of the molecule is CCCCCC(C)CCCC(=O)CCCC(C)(CCC)c1cccc(F)c1. The lowest BCUT2D eigenvalue weighted by Crippen LogP contribution is -2.22. The first-order chi connectivity index (χ1) is 12.9. The molecule has 2 atom stereocenters. The molecule has 2 unspecified atom stereocenters. The van der Waals surface area contributed by atoms with Gasteiger partial charge in [0.2, 0.25) is 0 Å². The average Bonchev–Trinajstić information content (AvgIpc) is 2.62. The summed E-state index contributed by atoms with van der Waals surface area (Å²) >= 11 is 0. The summed E-state index contributed by atoms with van der Waals surface area (Å²) in [4.78, 5) is 12.3. The predicted molar refractivity (Wildman–Crippen MR) is 115 cm³/mol. The molecule has 0 aliphatic rings. The first-order valence-electron chi connectivity index (χ1n) is 11.2. The second-order valence-corrected chi connectivity index (χ2v) is 8.71. The van der Waals surface area contributed by atoms with E-state index in [0.717, 1.165) is 50.0 Å². The van der Waals surface area contributed by atoms with E-state index in [1.807, 2.05) is 6.07 Å². The largest absolute Gasteiger partial charge is 0.300 e. The minimum atomic E-state index is -0.168. The standard InChI is InChI=1S/C25H41FO/c1-5-7-8-12-21(3)13-9-16-24(27)17-11-19-25(4,18-6-2)22-14-10-15-23(26)20-22/h10,14-15,20-21H,5-9,11-13,16-19H2,1-4H3. The Morgan fingerprint density at radius 1 is 1.00 bits per heavy atom. The molecule has 0 aromatic heterocycles. The molecule has 1 nitrogen and oxygen atoms in total. The van der Waals surface area contributed by atoms with E-state index in [-0.39, 0.29) is 11.2 Å². The first kappa shape index (κ1) is 23.9. The van der Waals surface area contributed by atoms with Crippen LogP contribution in [0.2, 0.25) is 0 Å². The topological polar surface area (TPSA) is 17.1 Å². The van der Waals surface area contributed by atoms with Crippen molar-refractivity contribution in [3.8, 4) is 0 Å². The Bertz CT molecular complexity index is 539. The van der Waals surface area contributed by atoms with Crippen LogP contribution in [0.3, 0.4) is 0 Å². The molecule has 0 aliphatic carbocycles. The molecule has 154 valence electrons. The van der Waals surface area contributed by atoms with Crippen LogP contribution in [0.1, 0.15) is 110 Å². The molecule has 0 saturated heterocycles. The molecule has 2 heteroatoms. The van der Waals surface area contributed by atoms with E-state index < -0.39 is 0 Å². The maximum atomic E-state index is 13.6. The van der Waals surface area contributed by atoms with Crippen molar-refractivity contribution >= 4 is 5.78 Å². The number of benzene rings is 1. The van der Waals surface area contributed by atoms with Crippen LogP contribution >= 0.6 is 0 Å². The van der Waals surface area contributed by atoms with E-state index in [9.17, 15) is 9.18 Å². The fourth-order valence-electron chi connectivity index (χ4n) is 4.16. The molecule has 1 aromatic rings. The average molecular weight is 377 g/mol. The van der Waals surface area contributed by atoms with Gasteiger partial charge >= 0.3 is 0 Å². The fraction of sp³-hybridized carbons (Fsp3) is 0.720. The minimum Gasteiger partial charge on any atom is -0.300 e. The van der Waals surface area contributed by atoms with Crippen LogP contribution in [0.15, 0.2) is 24.3 Å². The van der Waals surface area contributed by atoms with Crippen molar-refractivity contribution in [1.82, 2.24) is 0 Å². The molecule has 0 fully saturated rings. The fourth-order valence-corrected chi connectivity index (χ4v) is 4.16. The molecule has 0 amide bonds. The quantitative estimate of drug-likeness (QED) is 0.283. The summed E-state index contributed by atoms with van der Waals surface area (Å²) in [5, 5.41) is 0. The number of unbranched alkanes of at least 4 members (excludes halogenated alkanes) is 2. The molecule has 0 spiro atoms. The zero-order chi connectivity index (χ0) is 20.1. The Morgan fingerprint density at radius 2 is 1.70 bits per heavy atom. The van der Waals surface area contributed by atoms with Gasteiger partial charge in [-0.2, -0.15) is 0 Å². The Morgan fingerprint density at radius 3 is 2.37 bits per heavy atom. The summed E-state index contributed by atoms with van der Waals surface area (Å²) < 4.78 is 13.6. The zero-order valence-corrected chi connectivity index (χ0v) is 18.2. The lowest BCUT2D eigenvalue weighted by atomic mass is 9.74. The summed E-state index contributed by atoms with van der Waals surface area (Å²) in [6, 6.07) is 6.99. The van der Waals surface area contributed by atoms with Crippen LogP contribution in [-0.2, 0) is 10.2 Å². The van der Waals surface area contributed by atoms with E-state index in [1.54, 1.807) is 12.1 Å². The zero-order valence-electron chi connectivity index (χ0n) is 18.2. The van der Waals surface area contributed by atoms with Crippen LogP contribution in [0.4, 0.5) is 4.39 Å². The number of carbonyl (C=O) groups excluding carboxylic acids is 1. The summed E-state index contributed by atoms with van der Waals surface area (Å²) in [7, 11) is 0. The number of hydrogen-bond donors (Lipinski definition) is 0. The summed E-state index contributed by atoms with van der Waals surface area (Å²) in [6.07, 6.45) is 12.8. The summed E-state index contributed by atoms with van der Waals surface area (Å²) in [6.45, 7) is 8.94. The van der Waals surface area contributed by atoms with Gasteiger partial charge < -0.3 is 0 Å². The first-order valence-corrected chi connectivity index (χ1v) is 11.2. The minimum absolute atomic E-state index is 0.0368. The number of hydrogen-bond acceptors (Lipinski definition) is 1.